The van der Waals surface area contributed by atoms with Gasteiger partial charge in [-0.25, -0.2) is 0 Å². The molecule has 2 saturated heterocycles. The minimum absolute atomic E-state index is 0.00965. The first kappa shape index (κ1) is 21.3. The Balaban J connectivity index is 1.87. The van der Waals surface area contributed by atoms with Crippen molar-refractivity contribution in [2.24, 2.45) is 17.6 Å². The molecular formula is C21H34N4O2. The van der Waals surface area contributed by atoms with E-state index in [2.05, 4.69) is 28.2 Å². The number of piperidine rings is 1. The van der Waals surface area contributed by atoms with Crippen molar-refractivity contribution in [2.75, 3.05) is 39.8 Å². The molecule has 2 unspecified atom stereocenters. The summed E-state index contributed by atoms with van der Waals surface area (Å²) in [6, 6.07) is -0.570. The van der Waals surface area contributed by atoms with E-state index >= 15 is 0 Å². The van der Waals surface area contributed by atoms with Crippen LogP contribution in [0.15, 0.2) is 12.3 Å². The molecule has 0 bridgehead atoms. The van der Waals surface area contributed by atoms with Crippen LogP contribution in [0.5, 0.6) is 0 Å². The van der Waals surface area contributed by atoms with Crippen molar-refractivity contribution in [3.05, 3.63) is 12.3 Å². The molecule has 6 nitrogen and oxygen atoms in total. The number of hydrogen-bond acceptors (Lipinski definition) is 4. The molecule has 2 fully saturated rings. The Labute approximate surface area is 163 Å². The number of likely N-dealkylation sites (tertiary alicyclic amines) is 2. The zero-order valence-electron chi connectivity index (χ0n) is 17.0. The number of carbonyl (C=O) groups is 2. The Bertz CT molecular complexity index is 613. The largest absolute Gasteiger partial charge is 0.368 e. The van der Waals surface area contributed by atoms with Gasteiger partial charge >= 0.3 is 0 Å². The fourth-order valence-electron chi connectivity index (χ4n) is 4.05. The molecule has 2 N–H and O–H groups in total. The summed E-state index contributed by atoms with van der Waals surface area (Å²) in [7, 11) is 1.67. The molecule has 150 valence electrons. The predicted octanol–water partition coefficient (Wildman–Crippen LogP) is 1.28. The zero-order chi connectivity index (χ0) is 20.0. The maximum Gasteiger partial charge on any atom is 0.240 e. The highest BCUT2D eigenvalue weighted by Crippen LogP contribution is 2.23. The lowest BCUT2D eigenvalue weighted by molar-refractivity contribution is -0.142. The van der Waals surface area contributed by atoms with Gasteiger partial charge in [-0.05, 0) is 44.2 Å². The number of nitrogens with zero attached hydrogens (tertiary/aromatic N) is 3. The van der Waals surface area contributed by atoms with Crippen LogP contribution in [0.2, 0.25) is 0 Å². The Morgan fingerprint density at radius 2 is 1.89 bits per heavy atom. The van der Waals surface area contributed by atoms with Gasteiger partial charge in [0, 0.05) is 20.1 Å². The highest BCUT2D eigenvalue weighted by molar-refractivity contribution is 5.87. The molecule has 0 aliphatic carbocycles. The average molecular weight is 375 g/mol. The van der Waals surface area contributed by atoms with Gasteiger partial charge in [-0.15, -0.1) is 0 Å². The summed E-state index contributed by atoms with van der Waals surface area (Å²) in [4.78, 5) is 30.5. The maximum absolute atomic E-state index is 12.8. The van der Waals surface area contributed by atoms with Crippen LogP contribution in [-0.4, -0.2) is 72.3 Å². The average Bonchev–Trinajstić information content (AvgIpc) is 3.11. The normalized spacial score (nSPS) is 21.5. The first-order valence-electron chi connectivity index (χ1n) is 10.0. The van der Waals surface area contributed by atoms with Gasteiger partial charge in [0.2, 0.25) is 11.8 Å². The van der Waals surface area contributed by atoms with Gasteiger partial charge in [-0.1, -0.05) is 32.8 Å². The van der Waals surface area contributed by atoms with E-state index in [0.717, 1.165) is 38.3 Å². The summed E-state index contributed by atoms with van der Waals surface area (Å²) in [6.45, 7) is 12.3. The summed E-state index contributed by atoms with van der Waals surface area (Å²) in [6.07, 6.45) is 4.59. The molecule has 2 amide bonds. The monoisotopic (exact) mass is 374 g/mol. The van der Waals surface area contributed by atoms with E-state index in [1.54, 1.807) is 7.05 Å². The van der Waals surface area contributed by atoms with Gasteiger partial charge in [0.25, 0.3) is 0 Å². The van der Waals surface area contributed by atoms with Gasteiger partial charge in [0.15, 0.2) is 0 Å². The zero-order valence-corrected chi connectivity index (χ0v) is 17.0. The molecule has 27 heavy (non-hydrogen) atoms. The number of hydrogen-bond donors (Lipinski definition) is 1. The molecule has 2 aliphatic heterocycles. The Morgan fingerprint density at radius 3 is 2.48 bits per heavy atom. The van der Waals surface area contributed by atoms with Crippen LogP contribution in [-0.2, 0) is 9.59 Å². The van der Waals surface area contributed by atoms with E-state index in [9.17, 15) is 9.59 Å². The van der Waals surface area contributed by atoms with Gasteiger partial charge in [0.1, 0.15) is 6.04 Å². The molecular weight excluding hydrogens is 340 g/mol. The summed E-state index contributed by atoms with van der Waals surface area (Å²) >= 11 is 0. The van der Waals surface area contributed by atoms with Crippen LogP contribution >= 0.6 is 0 Å². The van der Waals surface area contributed by atoms with E-state index in [4.69, 9.17) is 5.73 Å². The van der Waals surface area contributed by atoms with Gasteiger partial charge in [-0.3, -0.25) is 14.5 Å². The first-order chi connectivity index (χ1) is 12.8. The number of amides is 2. The van der Waals surface area contributed by atoms with E-state index in [0.29, 0.717) is 6.54 Å². The lowest BCUT2D eigenvalue weighted by atomic mass is 9.99. The minimum atomic E-state index is -0.570. The number of primary amides is 1. The Kier molecular flexibility index (Phi) is 7.73. The fraction of sp³-hybridized carbons (Fsp3) is 0.714. The second-order valence-corrected chi connectivity index (χ2v) is 8.06. The summed E-state index contributed by atoms with van der Waals surface area (Å²) < 4.78 is 0. The highest BCUT2D eigenvalue weighted by atomic mass is 16.2. The van der Waals surface area contributed by atoms with Crippen molar-refractivity contribution in [1.29, 1.82) is 0 Å². The lowest BCUT2D eigenvalue weighted by Crippen LogP contribution is -2.50. The summed E-state index contributed by atoms with van der Waals surface area (Å²) in [5.41, 5.74) is 6.27. The van der Waals surface area contributed by atoms with Gasteiger partial charge in [0.05, 0.1) is 18.2 Å². The second-order valence-electron chi connectivity index (χ2n) is 8.06. The number of allylic oxidation sites excluding steroid dienone is 1. The molecule has 0 radical (unpaired) electrons. The molecule has 2 heterocycles. The molecule has 0 saturated carbocycles. The van der Waals surface area contributed by atoms with E-state index < -0.39 is 11.9 Å². The molecule has 0 spiro atoms. The van der Waals surface area contributed by atoms with E-state index in [1.807, 2.05) is 13.8 Å². The number of nitrogens with two attached hydrogens (primary N) is 1. The number of rotatable bonds is 6. The standard InChI is InChI=1S/C21H34N4O2/c1-16(2)19(20(22)26)23(4)21(27)18-10-14-25(15-18)17(3)9-8-13-24-11-6-5-7-12-24/h16,18-19H,3,5-7,10-15H2,1-2,4H3,(H2,22,26). The van der Waals surface area contributed by atoms with Crippen molar-refractivity contribution < 1.29 is 9.59 Å². The van der Waals surface area contributed by atoms with Crippen molar-refractivity contribution >= 4 is 11.8 Å². The summed E-state index contributed by atoms with van der Waals surface area (Å²) in [5.74, 6) is 5.75. The second kappa shape index (κ2) is 9.80. The fourth-order valence-corrected chi connectivity index (χ4v) is 4.05. The van der Waals surface area contributed by atoms with Crippen molar-refractivity contribution in [2.45, 2.75) is 45.6 Å². The third-order valence-electron chi connectivity index (χ3n) is 5.59. The SMILES string of the molecule is C=C(C#CCN1CCCCC1)N1CCC(C(=O)N(C)C(C(N)=O)C(C)C)C1. The van der Waals surface area contributed by atoms with Crippen LogP contribution in [0, 0.1) is 23.7 Å². The minimum Gasteiger partial charge on any atom is -0.368 e. The number of likely N-dealkylation sites (N-methyl/N-ethyl adjacent to an activating group) is 1. The third-order valence-corrected chi connectivity index (χ3v) is 5.59. The topological polar surface area (TPSA) is 69.9 Å². The van der Waals surface area contributed by atoms with Crippen LogP contribution in [0.4, 0.5) is 0 Å². The van der Waals surface area contributed by atoms with Crippen LogP contribution in [0.25, 0.3) is 0 Å². The molecule has 2 rings (SSSR count). The van der Waals surface area contributed by atoms with Gasteiger partial charge < -0.3 is 15.5 Å². The van der Waals surface area contributed by atoms with Crippen LogP contribution < -0.4 is 5.73 Å². The maximum atomic E-state index is 12.8. The van der Waals surface area contributed by atoms with Crippen LogP contribution in [0.1, 0.15) is 39.5 Å². The molecule has 0 aromatic rings. The van der Waals surface area contributed by atoms with Gasteiger partial charge in [-0.2, -0.15) is 0 Å². The lowest BCUT2D eigenvalue weighted by Gasteiger charge is -2.30. The smallest absolute Gasteiger partial charge is 0.240 e. The molecule has 6 heteroatoms. The predicted molar refractivity (Wildman–Crippen MR) is 107 cm³/mol. The van der Waals surface area contributed by atoms with Crippen molar-refractivity contribution in [3.8, 4) is 11.8 Å². The molecule has 2 atom stereocenters. The molecule has 0 aromatic carbocycles. The number of carbonyl (C=O) groups excluding carboxylic acids is 2. The Hall–Kier alpha value is -2.00. The summed E-state index contributed by atoms with van der Waals surface area (Å²) in [5, 5.41) is 0. The van der Waals surface area contributed by atoms with E-state index in [1.165, 1.54) is 24.2 Å². The van der Waals surface area contributed by atoms with E-state index in [-0.39, 0.29) is 17.7 Å². The Morgan fingerprint density at radius 1 is 1.22 bits per heavy atom. The highest BCUT2D eigenvalue weighted by Gasteiger charge is 2.35. The molecule has 2 aliphatic rings. The van der Waals surface area contributed by atoms with Crippen molar-refractivity contribution in [1.82, 2.24) is 14.7 Å². The third kappa shape index (κ3) is 5.74. The van der Waals surface area contributed by atoms with Crippen molar-refractivity contribution in [3.63, 3.8) is 0 Å². The molecule has 0 aromatic heterocycles. The van der Waals surface area contributed by atoms with Crippen LogP contribution in [0.3, 0.4) is 0 Å². The quantitative estimate of drug-likeness (QED) is 0.711. The first-order valence-corrected chi connectivity index (χ1v) is 10.0.